The lowest BCUT2D eigenvalue weighted by molar-refractivity contribution is 0.389. The van der Waals surface area contributed by atoms with E-state index in [0.29, 0.717) is 12.8 Å². The average molecular weight is 406 g/mol. The molecule has 0 aliphatic rings. The second kappa shape index (κ2) is 8.44. The maximum absolute atomic E-state index is 5.84. The zero-order valence-corrected chi connectivity index (χ0v) is 17.4. The highest BCUT2D eigenvalue weighted by atomic mass is 16.5. The summed E-state index contributed by atoms with van der Waals surface area (Å²) in [6, 6.07) is 31.0. The van der Waals surface area contributed by atoms with Gasteiger partial charge in [-0.15, -0.1) is 0 Å². The van der Waals surface area contributed by atoms with Gasteiger partial charge >= 0.3 is 0 Å². The Balaban J connectivity index is 1.68. The number of methoxy groups -OCH3 is 1. The molecule has 0 fully saturated rings. The van der Waals surface area contributed by atoms with Crippen LogP contribution < -0.4 is 4.74 Å². The highest BCUT2D eigenvalue weighted by molar-refractivity contribution is 5.63. The van der Waals surface area contributed by atoms with Crippen LogP contribution in [0.2, 0.25) is 0 Å². The molecule has 0 unspecified atom stereocenters. The molecule has 2 heterocycles. The number of fused-ring (bicyclic) bond motifs is 1. The van der Waals surface area contributed by atoms with Crippen LogP contribution in [0.4, 0.5) is 0 Å². The first kappa shape index (κ1) is 19.1. The number of imidazole rings is 1. The topological polar surface area (TPSA) is 39.4 Å². The van der Waals surface area contributed by atoms with E-state index in [0.717, 1.165) is 34.2 Å². The minimum absolute atomic E-state index is 0.704. The second-order valence-electron chi connectivity index (χ2n) is 7.52. The second-order valence-corrected chi connectivity index (χ2v) is 7.52. The van der Waals surface area contributed by atoms with E-state index in [1.165, 1.54) is 11.1 Å². The molecule has 2 aromatic heterocycles. The molecule has 4 heteroatoms. The lowest BCUT2D eigenvalue weighted by atomic mass is 10.1. The first-order valence-electron chi connectivity index (χ1n) is 10.4. The molecular weight excluding hydrogens is 382 g/mol. The third kappa shape index (κ3) is 3.92. The molecular formula is C27H23N3O. The molecule has 0 aliphatic heterocycles. The number of aromatic nitrogens is 3. The molecule has 0 amide bonds. The van der Waals surface area contributed by atoms with Gasteiger partial charge in [0.25, 0.3) is 0 Å². The zero-order chi connectivity index (χ0) is 21.0. The van der Waals surface area contributed by atoms with Crippen molar-refractivity contribution in [3.05, 3.63) is 120 Å². The molecule has 0 N–H and O–H groups in total. The minimum Gasteiger partial charge on any atom is -0.481 e. The normalized spacial score (nSPS) is 11.0. The first-order valence-corrected chi connectivity index (χ1v) is 10.4. The van der Waals surface area contributed by atoms with Gasteiger partial charge in [-0.1, -0.05) is 91.0 Å². The van der Waals surface area contributed by atoms with Crippen molar-refractivity contribution in [3.63, 3.8) is 0 Å². The number of benzene rings is 3. The van der Waals surface area contributed by atoms with Crippen LogP contribution in [0.25, 0.3) is 16.9 Å². The Bertz CT molecular complexity index is 1300. The van der Waals surface area contributed by atoms with E-state index in [1.807, 2.05) is 53.1 Å². The molecule has 152 valence electrons. The SMILES string of the molecule is COc1c(Cc2ccccc2)nc2c(Cc3ccccc3)nc(-c3ccccc3)cn12. The van der Waals surface area contributed by atoms with Gasteiger partial charge in [0.05, 0.1) is 18.5 Å². The highest BCUT2D eigenvalue weighted by Gasteiger charge is 2.19. The van der Waals surface area contributed by atoms with Crippen molar-refractivity contribution in [2.45, 2.75) is 12.8 Å². The van der Waals surface area contributed by atoms with Crippen LogP contribution in [0.5, 0.6) is 5.88 Å². The van der Waals surface area contributed by atoms with E-state index in [4.69, 9.17) is 14.7 Å². The standard InChI is InChI=1S/C27H23N3O/c1-31-27-24(18-21-13-7-3-8-14-21)29-26-23(17-20-11-5-2-6-12-20)28-25(19-30(26)27)22-15-9-4-10-16-22/h2-16,19H,17-18H2,1H3. The smallest absolute Gasteiger partial charge is 0.221 e. The van der Waals surface area contributed by atoms with Crippen molar-refractivity contribution in [1.82, 2.24) is 14.4 Å². The van der Waals surface area contributed by atoms with Crippen LogP contribution >= 0.6 is 0 Å². The third-order valence-corrected chi connectivity index (χ3v) is 5.39. The average Bonchev–Trinajstić information content (AvgIpc) is 3.18. The van der Waals surface area contributed by atoms with Gasteiger partial charge < -0.3 is 4.74 Å². The maximum atomic E-state index is 5.84. The van der Waals surface area contributed by atoms with Crippen LogP contribution in [0.3, 0.4) is 0 Å². The summed E-state index contributed by atoms with van der Waals surface area (Å²) in [6.45, 7) is 0. The van der Waals surface area contributed by atoms with Crippen molar-refractivity contribution < 1.29 is 4.74 Å². The summed E-state index contributed by atoms with van der Waals surface area (Å²) in [5.74, 6) is 0.757. The number of nitrogens with zero attached hydrogens (tertiary/aromatic N) is 3. The Morgan fingerprint density at radius 2 is 1.23 bits per heavy atom. The summed E-state index contributed by atoms with van der Waals surface area (Å²) in [5, 5.41) is 0. The van der Waals surface area contributed by atoms with E-state index in [-0.39, 0.29) is 0 Å². The lowest BCUT2D eigenvalue weighted by Gasteiger charge is -2.09. The van der Waals surface area contributed by atoms with Crippen LogP contribution in [-0.4, -0.2) is 21.5 Å². The molecule has 0 atom stereocenters. The van der Waals surface area contributed by atoms with Gasteiger partial charge in [0.15, 0.2) is 5.65 Å². The first-order chi connectivity index (χ1) is 15.3. The number of ether oxygens (including phenoxy) is 1. The molecule has 0 radical (unpaired) electrons. The highest BCUT2D eigenvalue weighted by Crippen LogP contribution is 2.28. The van der Waals surface area contributed by atoms with E-state index in [1.54, 1.807) is 7.11 Å². The third-order valence-electron chi connectivity index (χ3n) is 5.39. The van der Waals surface area contributed by atoms with Crippen molar-refractivity contribution in [2.24, 2.45) is 0 Å². The number of hydrogen-bond acceptors (Lipinski definition) is 3. The minimum atomic E-state index is 0.704. The Hall–Kier alpha value is -3.92. The molecule has 0 saturated carbocycles. The van der Waals surface area contributed by atoms with Crippen LogP contribution in [0, 0.1) is 0 Å². The Labute approximate surface area is 181 Å². The Morgan fingerprint density at radius 3 is 1.81 bits per heavy atom. The molecule has 31 heavy (non-hydrogen) atoms. The molecule has 4 nitrogen and oxygen atoms in total. The summed E-state index contributed by atoms with van der Waals surface area (Å²) >= 11 is 0. The summed E-state index contributed by atoms with van der Waals surface area (Å²) in [7, 11) is 1.71. The van der Waals surface area contributed by atoms with Crippen molar-refractivity contribution >= 4 is 5.65 Å². The molecule has 0 saturated heterocycles. The van der Waals surface area contributed by atoms with Crippen LogP contribution in [0.1, 0.15) is 22.5 Å². The molecule has 0 spiro atoms. The molecule has 5 aromatic rings. The van der Waals surface area contributed by atoms with E-state index in [9.17, 15) is 0 Å². The number of hydrogen-bond donors (Lipinski definition) is 0. The van der Waals surface area contributed by atoms with Gasteiger partial charge in [0.1, 0.15) is 5.69 Å². The van der Waals surface area contributed by atoms with Gasteiger partial charge in [0, 0.05) is 24.6 Å². The Morgan fingerprint density at radius 1 is 0.677 bits per heavy atom. The largest absolute Gasteiger partial charge is 0.481 e. The Kier molecular flexibility index (Phi) is 5.19. The van der Waals surface area contributed by atoms with Crippen LogP contribution in [-0.2, 0) is 12.8 Å². The predicted molar refractivity (Wildman–Crippen MR) is 123 cm³/mol. The van der Waals surface area contributed by atoms with Gasteiger partial charge in [0.2, 0.25) is 5.88 Å². The zero-order valence-electron chi connectivity index (χ0n) is 17.4. The monoisotopic (exact) mass is 405 g/mol. The van der Waals surface area contributed by atoms with Crippen molar-refractivity contribution in [2.75, 3.05) is 7.11 Å². The van der Waals surface area contributed by atoms with Gasteiger partial charge in [-0.3, -0.25) is 4.40 Å². The maximum Gasteiger partial charge on any atom is 0.221 e. The van der Waals surface area contributed by atoms with Crippen molar-refractivity contribution in [3.8, 4) is 17.1 Å². The molecule has 0 bridgehead atoms. The fourth-order valence-corrected chi connectivity index (χ4v) is 3.91. The van der Waals surface area contributed by atoms with Crippen molar-refractivity contribution in [1.29, 1.82) is 0 Å². The molecule has 3 aromatic carbocycles. The summed E-state index contributed by atoms with van der Waals surface area (Å²) in [5.41, 5.74) is 7.06. The van der Waals surface area contributed by atoms with E-state index >= 15 is 0 Å². The van der Waals surface area contributed by atoms with Gasteiger partial charge in [-0.05, 0) is 11.1 Å². The van der Waals surface area contributed by atoms with E-state index in [2.05, 4.69) is 48.5 Å². The molecule has 5 rings (SSSR count). The van der Waals surface area contributed by atoms with Crippen LogP contribution in [0.15, 0.2) is 97.2 Å². The summed E-state index contributed by atoms with van der Waals surface area (Å²) in [4.78, 5) is 10.0. The fraction of sp³-hybridized carbons (Fsp3) is 0.111. The molecule has 0 aliphatic carbocycles. The quantitative estimate of drug-likeness (QED) is 0.370. The predicted octanol–water partition coefficient (Wildman–Crippen LogP) is 5.59. The van der Waals surface area contributed by atoms with E-state index < -0.39 is 0 Å². The summed E-state index contributed by atoms with van der Waals surface area (Å²) in [6.07, 6.45) is 3.44. The lowest BCUT2D eigenvalue weighted by Crippen LogP contribution is -2.02. The number of rotatable bonds is 6. The summed E-state index contributed by atoms with van der Waals surface area (Å²) < 4.78 is 7.89. The fourth-order valence-electron chi connectivity index (χ4n) is 3.91. The van der Waals surface area contributed by atoms with Gasteiger partial charge in [-0.2, -0.15) is 0 Å². The van der Waals surface area contributed by atoms with Gasteiger partial charge in [-0.25, -0.2) is 9.97 Å².